The van der Waals surface area contributed by atoms with E-state index in [0.29, 0.717) is 0 Å². The normalized spacial score (nSPS) is 12.3. The first-order valence-corrected chi connectivity index (χ1v) is 4.70. The zero-order chi connectivity index (χ0) is 12.3. The number of benzene rings is 1. The molecule has 0 saturated heterocycles. The molecule has 0 aliphatic rings. The van der Waals surface area contributed by atoms with Gasteiger partial charge >= 0.3 is 6.18 Å². The van der Waals surface area contributed by atoms with Crippen LogP contribution >= 0.6 is 11.6 Å². The van der Waals surface area contributed by atoms with Gasteiger partial charge in [-0.3, -0.25) is 0 Å². The number of halogens is 4. The number of rotatable bonds is 2. The Bertz CT molecular complexity index is 415. The average molecular weight is 252 g/mol. The van der Waals surface area contributed by atoms with Crippen LogP contribution in [0.1, 0.15) is 11.1 Å². The quantitative estimate of drug-likeness (QED) is 0.849. The van der Waals surface area contributed by atoms with Crippen molar-refractivity contribution in [1.82, 2.24) is 0 Å². The van der Waals surface area contributed by atoms with Gasteiger partial charge in [-0.2, -0.15) is 13.2 Å². The Balaban J connectivity index is 3.28. The van der Waals surface area contributed by atoms with Crippen LogP contribution in [0.5, 0.6) is 5.75 Å². The number of phenolic OH excluding ortho intramolecular Hbond substituents is 1. The van der Waals surface area contributed by atoms with Gasteiger partial charge in [0.15, 0.2) is 0 Å². The molecule has 0 aliphatic carbocycles. The van der Waals surface area contributed by atoms with E-state index in [0.717, 1.165) is 6.07 Å². The lowest BCUT2D eigenvalue weighted by Crippen LogP contribution is -2.05. The molecule has 0 amide bonds. The largest absolute Gasteiger partial charge is 0.506 e. The lowest BCUT2D eigenvalue weighted by molar-refractivity contribution is -0.138. The molecule has 0 spiro atoms. The fraction of sp³-hybridized carbons (Fsp3) is 0.200. The number of alkyl halides is 3. The van der Waals surface area contributed by atoms with Crippen molar-refractivity contribution in [3.8, 4) is 5.75 Å². The SMILES string of the molecule is NC/C=C/c1cc(Cl)c(O)c(C(F)(F)F)c1. The zero-order valence-electron chi connectivity index (χ0n) is 8.05. The molecule has 0 atom stereocenters. The van der Waals surface area contributed by atoms with Crippen molar-refractivity contribution in [1.29, 1.82) is 0 Å². The van der Waals surface area contributed by atoms with E-state index in [-0.39, 0.29) is 17.1 Å². The maximum Gasteiger partial charge on any atom is 0.420 e. The minimum absolute atomic E-state index is 0.208. The number of nitrogens with two attached hydrogens (primary N) is 1. The molecule has 0 radical (unpaired) electrons. The van der Waals surface area contributed by atoms with E-state index in [1.165, 1.54) is 18.2 Å². The summed E-state index contributed by atoms with van der Waals surface area (Å²) in [5, 5.41) is 8.84. The van der Waals surface area contributed by atoms with Crippen molar-refractivity contribution in [2.45, 2.75) is 6.18 Å². The molecule has 88 valence electrons. The number of hydrogen-bond donors (Lipinski definition) is 2. The van der Waals surface area contributed by atoms with Gasteiger partial charge in [-0.05, 0) is 17.7 Å². The predicted molar refractivity (Wildman–Crippen MR) is 56.2 cm³/mol. The first kappa shape index (κ1) is 12.9. The van der Waals surface area contributed by atoms with Gasteiger partial charge in [-0.1, -0.05) is 23.8 Å². The second kappa shape index (κ2) is 4.76. The van der Waals surface area contributed by atoms with E-state index in [1.54, 1.807) is 0 Å². The lowest BCUT2D eigenvalue weighted by atomic mass is 10.1. The molecule has 6 heteroatoms. The van der Waals surface area contributed by atoms with E-state index in [2.05, 4.69) is 0 Å². The average Bonchev–Trinajstić information content (AvgIpc) is 2.17. The van der Waals surface area contributed by atoms with Crippen LogP contribution in [0, 0.1) is 0 Å². The summed E-state index contributed by atoms with van der Waals surface area (Å²) in [6.45, 7) is 0.208. The Morgan fingerprint density at radius 3 is 2.50 bits per heavy atom. The summed E-state index contributed by atoms with van der Waals surface area (Å²) in [6, 6.07) is 2.05. The summed E-state index contributed by atoms with van der Waals surface area (Å²) in [4.78, 5) is 0. The van der Waals surface area contributed by atoms with Gasteiger partial charge in [0.1, 0.15) is 5.75 Å². The molecule has 0 bridgehead atoms. The van der Waals surface area contributed by atoms with Crippen molar-refractivity contribution in [3.63, 3.8) is 0 Å². The molecular formula is C10H9ClF3NO. The number of phenols is 1. The molecule has 0 aliphatic heterocycles. The minimum atomic E-state index is -4.64. The van der Waals surface area contributed by atoms with Crippen molar-refractivity contribution < 1.29 is 18.3 Å². The molecular weight excluding hydrogens is 243 g/mol. The molecule has 1 aromatic rings. The molecule has 16 heavy (non-hydrogen) atoms. The Kier molecular flexibility index (Phi) is 3.83. The maximum absolute atomic E-state index is 12.5. The number of hydrogen-bond acceptors (Lipinski definition) is 2. The zero-order valence-corrected chi connectivity index (χ0v) is 8.81. The standard InChI is InChI=1S/C10H9ClF3NO/c11-8-5-6(2-1-3-15)4-7(9(8)16)10(12,13)14/h1-2,4-5,16H,3,15H2/b2-1+. The third-order valence-electron chi connectivity index (χ3n) is 1.84. The molecule has 1 rings (SSSR count). The number of aromatic hydroxyl groups is 1. The third kappa shape index (κ3) is 2.90. The van der Waals surface area contributed by atoms with Gasteiger partial charge < -0.3 is 10.8 Å². The lowest BCUT2D eigenvalue weighted by Gasteiger charge is -2.11. The van der Waals surface area contributed by atoms with Gasteiger partial charge in [-0.15, -0.1) is 0 Å². The molecule has 1 aromatic carbocycles. The van der Waals surface area contributed by atoms with Crippen LogP contribution in [0.4, 0.5) is 13.2 Å². The van der Waals surface area contributed by atoms with Gasteiger partial charge in [-0.25, -0.2) is 0 Å². The third-order valence-corrected chi connectivity index (χ3v) is 2.13. The summed E-state index contributed by atoms with van der Waals surface area (Å²) >= 11 is 5.49. The Morgan fingerprint density at radius 1 is 1.38 bits per heavy atom. The molecule has 0 heterocycles. The van der Waals surface area contributed by atoms with Crippen molar-refractivity contribution >= 4 is 17.7 Å². The molecule has 0 fully saturated rings. The molecule has 0 aromatic heterocycles. The van der Waals surface area contributed by atoms with E-state index >= 15 is 0 Å². The Labute approximate surface area is 95.1 Å². The first-order valence-electron chi connectivity index (χ1n) is 4.32. The monoisotopic (exact) mass is 251 g/mol. The van der Waals surface area contributed by atoms with E-state index in [1.807, 2.05) is 0 Å². The van der Waals surface area contributed by atoms with Crippen LogP contribution in [-0.2, 0) is 6.18 Å². The summed E-state index contributed by atoms with van der Waals surface area (Å²) < 4.78 is 37.4. The summed E-state index contributed by atoms with van der Waals surface area (Å²) in [6.07, 6.45) is -1.75. The van der Waals surface area contributed by atoms with Crippen LogP contribution in [0.3, 0.4) is 0 Å². The highest BCUT2D eigenvalue weighted by molar-refractivity contribution is 6.32. The topological polar surface area (TPSA) is 46.2 Å². The van der Waals surface area contributed by atoms with Crippen molar-refractivity contribution in [2.24, 2.45) is 5.73 Å². The van der Waals surface area contributed by atoms with Crippen LogP contribution in [-0.4, -0.2) is 11.7 Å². The Hall–Kier alpha value is -1.20. The van der Waals surface area contributed by atoms with E-state index < -0.39 is 17.5 Å². The first-order chi connectivity index (χ1) is 7.36. The van der Waals surface area contributed by atoms with Crippen LogP contribution in [0.25, 0.3) is 6.08 Å². The van der Waals surface area contributed by atoms with Crippen LogP contribution < -0.4 is 5.73 Å². The van der Waals surface area contributed by atoms with E-state index in [9.17, 15) is 18.3 Å². The van der Waals surface area contributed by atoms with Gasteiger partial charge in [0, 0.05) is 6.54 Å². The maximum atomic E-state index is 12.5. The Morgan fingerprint density at radius 2 is 2.00 bits per heavy atom. The van der Waals surface area contributed by atoms with E-state index in [4.69, 9.17) is 17.3 Å². The molecule has 0 saturated carbocycles. The predicted octanol–water partition coefficient (Wildman–Crippen LogP) is 3.04. The fourth-order valence-corrected chi connectivity index (χ4v) is 1.36. The highest BCUT2D eigenvalue weighted by Crippen LogP contribution is 2.40. The van der Waals surface area contributed by atoms with Crippen molar-refractivity contribution in [3.05, 3.63) is 34.4 Å². The second-order valence-electron chi connectivity index (χ2n) is 3.03. The van der Waals surface area contributed by atoms with Crippen LogP contribution in [0.2, 0.25) is 5.02 Å². The molecule has 2 nitrogen and oxygen atoms in total. The van der Waals surface area contributed by atoms with Crippen LogP contribution in [0.15, 0.2) is 18.2 Å². The molecule has 0 unspecified atom stereocenters. The minimum Gasteiger partial charge on any atom is -0.506 e. The molecule has 3 N–H and O–H groups in total. The summed E-state index contributed by atoms with van der Waals surface area (Å²) in [7, 11) is 0. The second-order valence-corrected chi connectivity index (χ2v) is 3.44. The summed E-state index contributed by atoms with van der Waals surface area (Å²) in [5.41, 5.74) is 4.26. The highest BCUT2D eigenvalue weighted by atomic mass is 35.5. The highest BCUT2D eigenvalue weighted by Gasteiger charge is 2.35. The smallest absolute Gasteiger partial charge is 0.420 e. The van der Waals surface area contributed by atoms with Gasteiger partial charge in [0.25, 0.3) is 0 Å². The van der Waals surface area contributed by atoms with Gasteiger partial charge in [0.2, 0.25) is 0 Å². The van der Waals surface area contributed by atoms with Gasteiger partial charge in [0.05, 0.1) is 10.6 Å². The summed E-state index contributed by atoms with van der Waals surface area (Å²) in [5.74, 6) is -0.959. The fourth-order valence-electron chi connectivity index (χ4n) is 1.14. The van der Waals surface area contributed by atoms with Crippen molar-refractivity contribution in [2.75, 3.05) is 6.54 Å².